The van der Waals surface area contributed by atoms with E-state index in [1.165, 1.54) is 14.2 Å². The van der Waals surface area contributed by atoms with Gasteiger partial charge in [-0.15, -0.1) is 5.54 Å². The lowest BCUT2D eigenvalue weighted by atomic mass is 9.93. The van der Waals surface area contributed by atoms with Crippen molar-refractivity contribution < 1.29 is 19.1 Å². The molecule has 0 saturated heterocycles. The lowest BCUT2D eigenvalue weighted by molar-refractivity contribution is 0.0557. The summed E-state index contributed by atoms with van der Waals surface area (Å²) in [6, 6.07) is 19.9. The van der Waals surface area contributed by atoms with Crippen LogP contribution in [0.15, 0.2) is 60.7 Å². The van der Waals surface area contributed by atoms with Gasteiger partial charge in [-0.2, -0.15) is 0 Å². The van der Waals surface area contributed by atoms with Crippen molar-refractivity contribution >= 4 is 38.5 Å². The molecular formula is C30H34O4Si2. The first-order valence-electron chi connectivity index (χ1n) is 12.0. The van der Waals surface area contributed by atoms with Gasteiger partial charge in [-0.05, 0) is 46.1 Å². The Labute approximate surface area is 216 Å². The van der Waals surface area contributed by atoms with Crippen molar-refractivity contribution in [2.24, 2.45) is 0 Å². The van der Waals surface area contributed by atoms with Gasteiger partial charge in [0, 0.05) is 5.56 Å². The summed E-state index contributed by atoms with van der Waals surface area (Å²) in [4.78, 5) is 26.9. The second-order valence-corrected chi connectivity index (χ2v) is 19.3. The number of ether oxygens (including phenoxy) is 2. The first-order valence-corrected chi connectivity index (χ1v) is 18.5. The molecule has 3 aromatic rings. The quantitative estimate of drug-likeness (QED) is 0.264. The number of hydrogen-bond acceptors (Lipinski definition) is 4. The van der Waals surface area contributed by atoms with Crippen LogP contribution in [-0.4, -0.2) is 42.3 Å². The molecule has 0 aliphatic heterocycles. The van der Waals surface area contributed by atoms with Crippen molar-refractivity contribution in [3.63, 3.8) is 0 Å². The van der Waals surface area contributed by atoms with Crippen molar-refractivity contribution in [2.45, 2.75) is 39.7 Å². The van der Waals surface area contributed by atoms with E-state index in [0.717, 1.165) is 32.6 Å². The first-order chi connectivity index (χ1) is 16.9. The van der Waals surface area contributed by atoms with Gasteiger partial charge in [0.15, 0.2) is 8.07 Å². The predicted octanol–water partition coefficient (Wildman–Crippen LogP) is 5.29. The fourth-order valence-corrected chi connectivity index (χ4v) is 9.45. The highest BCUT2D eigenvalue weighted by atomic mass is 28.3. The molecule has 4 nitrogen and oxygen atoms in total. The molecule has 0 atom stereocenters. The molecule has 36 heavy (non-hydrogen) atoms. The number of hydrogen-bond donors (Lipinski definition) is 0. The Morgan fingerprint density at radius 2 is 1.19 bits per heavy atom. The molecule has 0 aliphatic rings. The van der Waals surface area contributed by atoms with E-state index < -0.39 is 28.1 Å². The van der Waals surface area contributed by atoms with E-state index in [2.05, 4.69) is 51.1 Å². The van der Waals surface area contributed by atoms with Crippen LogP contribution >= 0.6 is 0 Å². The summed E-state index contributed by atoms with van der Waals surface area (Å²) in [7, 11) is -2.10. The average molecular weight is 515 g/mol. The molecule has 0 heterocycles. The van der Waals surface area contributed by atoms with Crippen LogP contribution in [0.2, 0.25) is 32.7 Å². The lowest BCUT2D eigenvalue weighted by Gasteiger charge is -2.32. The topological polar surface area (TPSA) is 52.6 Å². The van der Waals surface area contributed by atoms with E-state index in [0.29, 0.717) is 11.1 Å². The van der Waals surface area contributed by atoms with Crippen molar-refractivity contribution in [3.05, 3.63) is 82.9 Å². The van der Waals surface area contributed by atoms with Gasteiger partial charge in [-0.3, -0.25) is 0 Å². The maximum absolute atomic E-state index is 13.5. The average Bonchev–Trinajstić information content (AvgIpc) is 2.86. The summed E-state index contributed by atoms with van der Waals surface area (Å²) in [5, 5.41) is 1.72. The van der Waals surface area contributed by atoms with Gasteiger partial charge in [-0.1, -0.05) is 87.2 Å². The van der Waals surface area contributed by atoms with Gasteiger partial charge in [0.2, 0.25) is 0 Å². The van der Waals surface area contributed by atoms with Crippen molar-refractivity contribution in [1.29, 1.82) is 0 Å². The molecule has 0 spiro atoms. The minimum Gasteiger partial charge on any atom is -0.465 e. The van der Waals surface area contributed by atoms with Crippen LogP contribution in [0.3, 0.4) is 0 Å². The highest BCUT2D eigenvalue weighted by molar-refractivity contribution is 6.98. The number of carbonyl (C=O) groups excluding carboxylic acids is 2. The minimum absolute atomic E-state index is 0.297. The summed E-state index contributed by atoms with van der Waals surface area (Å²) >= 11 is 0. The van der Waals surface area contributed by atoms with Crippen LogP contribution in [0, 0.1) is 18.4 Å². The Morgan fingerprint density at radius 3 is 1.67 bits per heavy atom. The number of methoxy groups -OCH3 is 2. The summed E-state index contributed by atoms with van der Waals surface area (Å²) in [6.45, 7) is 12.8. The third-order valence-electron chi connectivity index (χ3n) is 6.26. The van der Waals surface area contributed by atoms with Crippen molar-refractivity contribution in [3.8, 4) is 22.6 Å². The van der Waals surface area contributed by atoms with Gasteiger partial charge < -0.3 is 9.47 Å². The summed E-state index contributed by atoms with van der Waals surface area (Å²) in [6.07, 6.45) is 0. The predicted molar refractivity (Wildman–Crippen MR) is 153 cm³/mol. The molecule has 0 saturated carbocycles. The summed E-state index contributed by atoms with van der Waals surface area (Å²) in [5.74, 6) is 2.27. The van der Waals surface area contributed by atoms with E-state index in [-0.39, 0.29) is 0 Å². The molecule has 0 bridgehead atoms. The molecular weight excluding hydrogens is 480 g/mol. The van der Waals surface area contributed by atoms with Crippen LogP contribution in [0.1, 0.15) is 31.8 Å². The van der Waals surface area contributed by atoms with Crippen LogP contribution in [0.5, 0.6) is 0 Å². The fraction of sp³-hybridized carbons (Fsp3) is 0.267. The molecule has 0 amide bonds. The molecule has 3 rings (SSSR count). The Bertz CT molecular complexity index is 1340. The van der Waals surface area contributed by atoms with Crippen LogP contribution in [0.25, 0.3) is 11.1 Å². The second-order valence-electron chi connectivity index (χ2n) is 10.3. The lowest BCUT2D eigenvalue weighted by Crippen LogP contribution is -2.52. The number of benzene rings is 3. The van der Waals surface area contributed by atoms with E-state index in [4.69, 9.17) is 9.47 Å². The zero-order valence-corrected chi connectivity index (χ0v) is 24.4. The second kappa shape index (κ2) is 10.7. The Morgan fingerprint density at radius 1 is 0.722 bits per heavy atom. The smallest absolute Gasteiger partial charge is 0.338 e. The summed E-state index contributed by atoms with van der Waals surface area (Å²) < 4.78 is 10.6. The van der Waals surface area contributed by atoms with E-state index in [1.54, 1.807) is 0 Å². The Balaban J connectivity index is 2.59. The van der Waals surface area contributed by atoms with E-state index in [9.17, 15) is 9.59 Å². The number of esters is 2. The van der Waals surface area contributed by atoms with Crippen molar-refractivity contribution in [2.75, 3.05) is 14.2 Å². The molecule has 0 radical (unpaired) electrons. The minimum atomic E-state index is -2.67. The molecule has 3 aromatic carbocycles. The van der Waals surface area contributed by atoms with Crippen LogP contribution in [0.4, 0.5) is 0 Å². The standard InChI is InChI=1S/C30H34O4Si2/c1-21-24(23-17-13-10-14-18-23)28(36(7,8)20-19-22-15-11-9-12-16-22)26(30(32)34-3)25(29(31)33-2)27(21)35(4,5)6/h9-18H,1-8H3. The van der Waals surface area contributed by atoms with Gasteiger partial charge in [-0.25, -0.2) is 9.59 Å². The Hall–Kier alpha value is -3.41. The first kappa shape index (κ1) is 27.2. The van der Waals surface area contributed by atoms with Gasteiger partial charge in [0.1, 0.15) is 0 Å². The van der Waals surface area contributed by atoms with E-state index in [1.807, 2.05) is 60.7 Å². The number of carbonyl (C=O) groups is 2. The Kier molecular flexibility index (Phi) is 8.07. The zero-order chi connectivity index (χ0) is 26.7. The third kappa shape index (κ3) is 5.38. The van der Waals surface area contributed by atoms with Gasteiger partial charge in [0.05, 0.1) is 33.4 Å². The van der Waals surface area contributed by atoms with E-state index >= 15 is 0 Å². The SMILES string of the molecule is COC(=O)c1c(C(=O)OC)c([Si](C)(C)C#Cc2ccccc2)c(-c2ccccc2)c(C)c1[Si](C)(C)C. The molecule has 0 unspecified atom stereocenters. The molecule has 186 valence electrons. The number of rotatable bonds is 5. The largest absolute Gasteiger partial charge is 0.465 e. The zero-order valence-electron chi connectivity index (χ0n) is 22.4. The summed E-state index contributed by atoms with van der Waals surface area (Å²) in [5.41, 5.74) is 8.04. The third-order valence-corrected chi connectivity index (χ3v) is 10.9. The van der Waals surface area contributed by atoms with Gasteiger partial charge >= 0.3 is 11.9 Å². The normalized spacial score (nSPS) is 11.3. The van der Waals surface area contributed by atoms with Gasteiger partial charge in [0.25, 0.3) is 0 Å². The van der Waals surface area contributed by atoms with Crippen LogP contribution < -0.4 is 10.4 Å². The monoisotopic (exact) mass is 514 g/mol. The maximum atomic E-state index is 13.5. The van der Waals surface area contributed by atoms with Crippen LogP contribution in [-0.2, 0) is 9.47 Å². The molecule has 6 heteroatoms. The molecule has 0 aromatic heterocycles. The highest BCUT2D eigenvalue weighted by Gasteiger charge is 2.40. The fourth-order valence-electron chi connectivity index (χ4n) is 4.83. The molecule has 0 fully saturated rings. The highest BCUT2D eigenvalue weighted by Crippen LogP contribution is 2.30. The molecule has 0 N–H and O–H groups in total. The van der Waals surface area contributed by atoms with Crippen molar-refractivity contribution in [1.82, 2.24) is 0 Å². The molecule has 0 aliphatic carbocycles. The maximum Gasteiger partial charge on any atom is 0.338 e.